The summed E-state index contributed by atoms with van der Waals surface area (Å²) < 4.78 is 0. The molecular weight excluding hydrogens is 236 g/mol. The van der Waals surface area contributed by atoms with Gasteiger partial charge in [-0.15, -0.1) is 0 Å². The zero-order chi connectivity index (χ0) is 13.2. The van der Waals surface area contributed by atoms with Crippen LogP contribution in [0.2, 0.25) is 0 Å². The number of carbonyl (C=O) groups is 1. The van der Waals surface area contributed by atoms with Crippen LogP contribution in [0, 0.1) is 0 Å². The second-order valence-electron chi connectivity index (χ2n) is 4.89. The summed E-state index contributed by atoms with van der Waals surface area (Å²) in [5.74, 6) is 0.232. The second kappa shape index (κ2) is 4.84. The average Bonchev–Trinajstić information content (AvgIpc) is 2.46. The van der Waals surface area contributed by atoms with Crippen LogP contribution < -0.4 is 4.90 Å². The molecule has 0 saturated heterocycles. The maximum absolute atomic E-state index is 11.5. The molecule has 2 aromatic rings. The zero-order valence-corrected chi connectivity index (χ0v) is 11.0. The largest absolute Gasteiger partial charge is 0.348 e. The van der Waals surface area contributed by atoms with Crippen molar-refractivity contribution in [2.45, 2.75) is 19.3 Å². The minimum atomic E-state index is 0.232. The molecule has 0 aliphatic heterocycles. The molecule has 0 radical (unpaired) electrons. The fourth-order valence-electron chi connectivity index (χ4n) is 2.48. The summed E-state index contributed by atoms with van der Waals surface area (Å²) in [4.78, 5) is 17.9. The molecule has 1 aromatic carbocycles. The third kappa shape index (κ3) is 2.36. The highest BCUT2D eigenvalue weighted by Crippen LogP contribution is 2.26. The van der Waals surface area contributed by atoms with E-state index in [1.807, 2.05) is 19.2 Å². The summed E-state index contributed by atoms with van der Waals surface area (Å²) in [6.07, 6.45) is 6.17. The van der Waals surface area contributed by atoms with E-state index in [1.54, 1.807) is 12.3 Å². The van der Waals surface area contributed by atoms with Gasteiger partial charge in [0.05, 0.1) is 5.52 Å². The monoisotopic (exact) mass is 252 g/mol. The van der Waals surface area contributed by atoms with Crippen LogP contribution in [0.15, 0.2) is 48.3 Å². The van der Waals surface area contributed by atoms with Crippen LogP contribution in [0.25, 0.3) is 10.9 Å². The number of nitrogens with zero attached hydrogens (tertiary/aromatic N) is 2. The quantitative estimate of drug-likeness (QED) is 0.822. The molecule has 19 heavy (non-hydrogen) atoms. The number of benzene rings is 1. The molecule has 1 aliphatic rings. The Morgan fingerprint density at radius 3 is 2.95 bits per heavy atom. The summed E-state index contributed by atoms with van der Waals surface area (Å²) in [5.41, 5.74) is 3.19. The highest BCUT2D eigenvalue weighted by Gasteiger charge is 2.14. The van der Waals surface area contributed by atoms with Crippen molar-refractivity contribution in [3.63, 3.8) is 0 Å². The Kier molecular flexibility index (Phi) is 3.03. The zero-order valence-electron chi connectivity index (χ0n) is 11.0. The summed E-state index contributed by atoms with van der Waals surface area (Å²) in [6.45, 7) is 0. The highest BCUT2D eigenvalue weighted by molar-refractivity contribution is 5.92. The molecule has 0 spiro atoms. The second-order valence-corrected chi connectivity index (χ2v) is 4.89. The lowest BCUT2D eigenvalue weighted by molar-refractivity contribution is -0.115. The molecule has 96 valence electrons. The van der Waals surface area contributed by atoms with Crippen LogP contribution in [0.1, 0.15) is 19.3 Å². The first kappa shape index (κ1) is 11.9. The molecule has 0 N–H and O–H groups in total. The molecule has 3 rings (SSSR count). The van der Waals surface area contributed by atoms with Crippen LogP contribution in [-0.2, 0) is 4.79 Å². The Morgan fingerprint density at radius 1 is 1.21 bits per heavy atom. The molecule has 0 fully saturated rings. The van der Waals surface area contributed by atoms with E-state index in [0.29, 0.717) is 6.42 Å². The van der Waals surface area contributed by atoms with Crippen molar-refractivity contribution in [2.24, 2.45) is 0 Å². The standard InChI is InChI=1S/C16H16N2O/c1-18(13-5-2-6-15(19)11-13)14-7-8-16-12(10-14)4-3-9-17-16/h3-4,7-11H,2,5-6H2,1H3. The van der Waals surface area contributed by atoms with E-state index in [-0.39, 0.29) is 5.78 Å². The first-order valence-electron chi connectivity index (χ1n) is 6.56. The topological polar surface area (TPSA) is 33.2 Å². The summed E-state index contributed by atoms with van der Waals surface area (Å²) in [5, 5.41) is 1.12. The minimum absolute atomic E-state index is 0.232. The minimum Gasteiger partial charge on any atom is -0.348 e. The van der Waals surface area contributed by atoms with Gasteiger partial charge in [-0.2, -0.15) is 0 Å². The molecule has 0 amide bonds. The number of allylic oxidation sites excluding steroid dienone is 2. The van der Waals surface area contributed by atoms with Crippen molar-refractivity contribution in [3.05, 3.63) is 48.3 Å². The molecule has 1 aliphatic carbocycles. The van der Waals surface area contributed by atoms with E-state index in [1.165, 1.54) is 0 Å². The fourth-order valence-corrected chi connectivity index (χ4v) is 2.48. The first-order chi connectivity index (χ1) is 9.24. The van der Waals surface area contributed by atoms with Crippen LogP contribution in [0.5, 0.6) is 0 Å². The lowest BCUT2D eigenvalue weighted by Crippen LogP contribution is -2.20. The number of carbonyl (C=O) groups excluding carboxylic acids is 1. The molecule has 0 unspecified atom stereocenters. The summed E-state index contributed by atoms with van der Waals surface area (Å²) >= 11 is 0. The molecule has 3 heteroatoms. The Balaban J connectivity index is 1.97. The van der Waals surface area contributed by atoms with Gasteiger partial charge in [-0.25, -0.2) is 0 Å². The number of anilines is 1. The molecule has 0 saturated carbocycles. The van der Waals surface area contributed by atoms with E-state index in [2.05, 4.69) is 28.1 Å². The Hall–Kier alpha value is -2.16. The fraction of sp³-hybridized carbons (Fsp3) is 0.250. The molecule has 0 bridgehead atoms. The Labute approximate surface area is 112 Å². The number of pyridine rings is 1. The van der Waals surface area contributed by atoms with Gasteiger partial charge in [0.2, 0.25) is 0 Å². The highest BCUT2D eigenvalue weighted by atomic mass is 16.1. The Morgan fingerprint density at radius 2 is 2.11 bits per heavy atom. The van der Waals surface area contributed by atoms with Gasteiger partial charge < -0.3 is 4.90 Å². The molecule has 3 nitrogen and oxygen atoms in total. The predicted molar refractivity (Wildman–Crippen MR) is 77.1 cm³/mol. The van der Waals surface area contributed by atoms with E-state index in [0.717, 1.165) is 35.1 Å². The van der Waals surface area contributed by atoms with Gasteiger partial charge in [-0.3, -0.25) is 9.78 Å². The first-order valence-corrected chi connectivity index (χ1v) is 6.56. The van der Waals surface area contributed by atoms with Gasteiger partial charge >= 0.3 is 0 Å². The molecule has 1 aromatic heterocycles. The summed E-state index contributed by atoms with van der Waals surface area (Å²) in [7, 11) is 2.02. The van der Waals surface area contributed by atoms with Crippen LogP contribution in [0.4, 0.5) is 5.69 Å². The Bertz CT molecular complexity index is 661. The SMILES string of the molecule is CN(C1=CC(=O)CCC1)c1ccc2ncccc2c1. The van der Waals surface area contributed by atoms with Crippen LogP contribution in [-0.4, -0.2) is 17.8 Å². The average molecular weight is 252 g/mol. The van der Waals surface area contributed by atoms with E-state index in [9.17, 15) is 4.79 Å². The number of hydrogen-bond acceptors (Lipinski definition) is 3. The van der Waals surface area contributed by atoms with Crippen molar-refractivity contribution in [1.29, 1.82) is 0 Å². The van der Waals surface area contributed by atoms with Crippen molar-refractivity contribution >= 4 is 22.4 Å². The van der Waals surface area contributed by atoms with Crippen molar-refractivity contribution in [1.82, 2.24) is 4.98 Å². The number of aromatic nitrogens is 1. The third-order valence-corrected chi connectivity index (χ3v) is 3.59. The van der Waals surface area contributed by atoms with Crippen molar-refractivity contribution in [2.75, 3.05) is 11.9 Å². The van der Waals surface area contributed by atoms with E-state index < -0.39 is 0 Å². The van der Waals surface area contributed by atoms with Gasteiger partial charge in [0.25, 0.3) is 0 Å². The summed E-state index contributed by atoms with van der Waals surface area (Å²) in [6, 6.07) is 10.2. The number of fused-ring (bicyclic) bond motifs is 1. The van der Waals surface area contributed by atoms with Crippen LogP contribution >= 0.6 is 0 Å². The smallest absolute Gasteiger partial charge is 0.157 e. The predicted octanol–water partition coefficient (Wildman–Crippen LogP) is 3.31. The van der Waals surface area contributed by atoms with Gasteiger partial charge in [0.15, 0.2) is 5.78 Å². The normalized spacial score (nSPS) is 15.4. The lowest BCUT2D eigenvalue weighted by atomic mass is 10.0. The number of rotatable bonds is 2. The lowest BCUT2D eigenvalue weighted by Gasteiger charge is -2.25. The molecule has 0 atom stereocenters. The van der Waals surface area contributed by atoms with E-state index >= 15 is 0 Å². The van der Waals surface area contributed by atoms with Crippen LogP contribution in [0.3, 0.4) is 0 Å². The van der Waals surface area contributed by atoms with Gasteiger partial charge in [0.1, 0.15) is 0 Å². The maximum atomic E-state index is 11.5. The number of ketones is 1. The maximum Gasteiger partial charge on any atom is 0.157 e. The molecular formula is C16H16N2O. The van der Waals surface area contributed by atoms with Crippen molar-refractivity contribution in [3.8, 4) is 0 Å². The van der Waals surface area contributed by atoms with Gasteiger partial charge in [0, 0.05) is 42.5 Å². The molecule has 1 heterocycles. The van der Waals surface area contributed by atoms with Crippen molar-refractivity contribution < 1.29 is 4.79 Å². The third-order valence-electron chi connectivity index (χ3n) is 3.59. The van der Waals surface area contributed by atoms with Gasteiger partial charge in [-0.1, -0.05) is 6.07 Å². The van der Waals surface area contributed by atoms with Gasteiger partial charge in [-0.05, 0) is 37.1 Å². The number of hydrogen-bond donors (Lipinski definition) is 0. The van der Waals surface area contributed by atoms with E-state index in [4.69, 9.17) is 0 Å².